The molecule has 0 saturated carbocycles. The van der Waals surface area contributed by atoms with Crippen molar-refractivity contribution in [3.63, 3.8) is 0 Å². The van der Waals surface area contributed by atoms with Crippen molar-refractivity contribution in [1.82, 2.24) is 5.32 Å². The molecule has 1 fully saturated rings. The molecule has 1 heterocycles. The maximum Gasteiger partial charge on any atom is 0.246 e. The van der Waals surface area contributed by atoms with E-state index in [2.05, 4.69) is 5.32 Å². The van der Waals surface area contributed by atoms with Crippen LogP contribution in [0.15, 0.2) is 24.3 Å². The summed E-state index contributed by atoms with van der Waals surface area (Å²) in [5, 5.41) is 2.95. The lowest BCUT2D eigenvalue weighted by Gasteiger charge is -2.34. The Morgan fingerprint density at radius 3 is 2.62 bits per heavy atom. The number of nitrogens with one attached hydrogen (secondary N) is 1. The second-order valence-electron chi connectivity index (χ2n) is 6.96. The van der Waals surface area contributed by atoms with Crippen molar-refractivity contribution in [3.8, 4) is 5.75 Å². The summed E-state index contributed by atoms with van der Waals surface area (Å²) < 4.78 is 10.9. The van der Waals surface area contributed by atoms with E-state index in [9.17, 15) is 9.59 Å². The molecule has 1 aliphatic rings. The van der Waals surface area contributed by atoms with Gasteiger partial charge in [0.05, 0.1) is 12.7 Å². The third-order valence-corrected chi connectivity index (χ3v) is 4.52. The van der Waals surface area contributed by atoms with Gasteiger partial charge in [0, 0.05) is 25.3 Å². The molecule has 2 amide bonds. The molecule has 1 saturated heterocycles. The number of carbonyl (C=O) groups excluding carboxylic acids is 2. The van der Waals surface area contributed by atoms with Crippen molar-refractivity contribution in [3.05, 3.63) is 24.3 Å². The molecule has 6 nitrogen and oxygen atoms in total. The van der Waals surface area contributed by atoms with E-state index >= 15 is 0 Å². The molecule has 0 radical (unpaired) electrons. The third kappa shape index (κ3) is 4.75. The van der Waals surface area contributed by atoms with Gasteiger partial charge in [0.2, 0.25) is 11.8 Å². The first kappa shape index (κ1) is 20.2. The van der Waals surface area contributed by atoms with Crippen LogP contribution in [0, 0.1) is 0 Å². The Balaban J connectivity index is 2.02. The summed E-state index contributed by atoms with van der Waals surface area (Å²) in [6.45, 7) is 9.45. The van der Waals surface area contributed by atoms with Crippen LogP contribution in [0.25, 0.3) is 0 Å². The van der Waals surface area contributed by atoms with Crippen LogP contribution in [0.4, 0.5) is 5.69 Å². The average molecular weight is 362 g/mol. The minimum atomic E-state index is -0.872. The van der Waals surface area contributed by atoms with Crippen LogP contribution < -0.4 is 15.0 Å². The van der Waals surface area contributed by atoms with Crippen molar-refractivity contribution in [1.29, 1.82) is 0 Å². The second-order valence-corrected chi connectivity index (χ2v) is 6.96. The summed E-state index contributed by atoms with van der Waals surface area (Å²) >= 11 is 0. The highest BCUT2D eigenvalue weighted by atomic mass is 16.5. The zero-order valence-corrected chi connectivity index (χ0v) is 16.2. The molecule has 1 N–H and O–H groups in total. The Morgan fingerprint density at radius 2 is 2.00 bits per heavy atom. The molecular weight excluding hydrogens is 332 g/mol. The van der Waals surface area contributed by atoms with E-state index < -0.39 is 5.54 Å². The molecule has 0 bridgehead atoms. The molecule has 0 spiro atoms. The van der Waals surface area contributed by atoms with Crippen molar-refractivity contribution in [2.45, 2.75) is 58.6 Å². The number of anilines is 1. The van der Waals surface area contributed by atoms with Gasteiger partial charge in [-0.2, -0.15) is 0 Å². The number of amides is 2. The summed E-state index contributed by atoms with van der Waals surface area (Å²) in [4.78, 5) is 26.9. The van der Waals surface area contributed by atoms with Gasteiger partial charge in [0.25, 0.3) is 0 Å². The highest BCUT2D eigenvalue weighted by Crippen LogP contribution is 2.35. The van der Waals surface area contributed by atoms with E-state index in [0.29, 0.717) is 32.6 Å². The fourth-order valence-electron chi connectivity index (χ4n) is 3.13. The smallest absolute Gasteiger partial charge is 0.246 e. The first-order chi connectivity index (χ1) is 12.4. The van der Waals surface area contributed by atoms with Gasteiger partial charge in [-0.3, -0.25) is 14.5 Å². The highest BCUT2D eigenvalue weighted by molar-refractivity contribution is 6.06. The van der Waals surface area contributed by atoms with E-state index in [0.717, 1.165) is 17.9 Å². The van der Waals surface area contributed by atoms with Crippen molar-refractivity contribution < 1.29 is 19.1 Å². The maximum absolute atomic E-state index is 12.8. The first-order valence-electron chi connectivity index (χ1n) is 9.34. The standard InChI is InChI=1S/C20H30N2O4/c1-5-25-17-9-7-16(8-10-17)22-18(23)11-12-20(22,4)19(24)21-13-6-14-26-15(2)3/h7-10,15H,5-6,11-14H2,1-4H3,(H,21,24)/t20-/m1/s1. The van der Waals surface area contributed by atoms with Gasteiger partial charge in [-0.15, -0.1) is 0 Å². The van der Waals surface area contributed by atoms with Gasteiger partial charge >= 0.3 is 0 Å². The third-order valence-electron chi connectivity index (χ3n) is 4.52. The first-order valence-corrected chi connectivity index (χ1v) is 9.34. The second kappa shape index (κ2) is 9.03. The van der Waals surface area contributed by atoms with Gasteiger partial charge in [0.15, 0.2) is 0 Å². The Bertz CT molecular complexity index is 615. The van der Waals surface area contributed by atoms with Crippen LogP contribution in [0.1, 0.15) is 47.0 Å². The molecule has 2 rings (SSSR count). The number of carbonyl (C=O) groups is 2. The normalized spacial score (nSPS) is 19.9. The van der Waals surface area contributed by atoms with E-state index in [1.165, 1.54) is 0 Å². The molecule has 6 heteroatoms. The number of ether oxygens (including phenoxy) is 2. The SMILES string of the molecule is CCOc1ccc(N2C(=O)CC[C@]2(C)C(=O)NCCCOC(C)C)cc1. The van der Waals surface area contributed by atoms with Crippen LogP contribution in [0.5, 0.6) is 5.75 Å². The lowest BCUT2D eigenvalue weighted by atomic mass is 9.97. The van der Waals surface area contributed by atoms with Gasteiger partial charge in [-0.25, -0.2) is 0 Å². The van der Waals surface area contributed by atoms with E-state index in [1.54, 1.807) is 4.90 Å². The molecule has 1 aromatic rings. The predicted octanol–water partition coefficient (Wildman–Crippen LogP) is 2.90. The Hall–Kier alpha value is -2.08. The minimum Gasteiger partial charge on any atom is -0.494 e. The predicted molar refractivity (Wildman–Crippen MR) is 101 cm³/mol. The Morgan fingerprint density at radius 1 is 1.31 bits per heavy atom. The molecule has 1 aliphatic heterocycles. The quantitative estimate of drug-likeness (QED) is 0.686. The summed E-state index contributed by atoms with van der Waals surface area (Å²) in [7, 11) is 0. The fraction of sp³-hybridized carbons (Fsp3) is 0.600. The largest absolute Gasteiger partial charge is 0.494 e. The molecule has 0 aromatic heterocycles. The summed E-state index contributed by atoms with van der Waals surface area (Å²) in [5.41, 5.74) is -0.153. The van der Waals surface area contributed by atoms with Crippen LogP contribution in [0.2, 0.25) is 0 Å². The summed E-state index contributed by atoms with van der Waals surface area (Å²) in [6, 6.07) is 7.31. The lowest BCUT2D eigenvalue weighted by Crippen LogP contribution is -2.55. The molecule has 0 unspecified atom stereocenters. The van der Waals surface area contributed by atoms with Gasteiger partial charge in [0.1, 0.15) is 11.3 Å². The molecule has 144 valence electrons. The van der Waals surface area contributed by atoms with E-state index in [-0.39, 0.29) is 17.9 Å². The van der Waals surface area contributed by atoms with E-state index in [1.807, 2.05) is 52.0 Å². The lowest BCUT2D eigenvalue weighted by molar-refractivity contribution is -0.127. The molecule has 26 heavy (non-hydrogen) atoms. The van der Waals surface area contributed by atoms with Gasteiger partial charge in [-0.05, 0) is 64.8 Å². The maximum atomic E-state index is 12.8. The summed E-state index contributed by atoms with van der Waals surface area (Å²) in [5.74, 6) is 0.593. The minimum absolute atomic E-state index is 0.0325. The van der Waals surface area contributed by atoms with E-state index in [4.69, 9.17) is 9.47 Å². The fourth-order valence-corrected chi connectivity index (χ4v) is 3.13. The number of hydrogen-bond acceptors (Lipinski definition) is 4. The highest BCUT2D eigenvalue weighted by Gasteiger charge is 2.47. The monoisotopic (exact) mass is 362 g/mol. The topological polar surface area (TPSA) is 67.9 Å². The number of benzene rings is 1. The van der Waals surface area contributed by atoms with Gasteiger partial charge < -0.3 is 14.8 Å². The van der Waals surface area contributed by atoms with Gasteiger partial charge in [-0.1, -0.05) is 0 Å². The Labute approximate surface area is 155 Å². The van der Waals surface area contributed by atoms with Crippen LogP contribution in [0.3, 0.4) is 0 Å². The zero-order valence-electron chi connectivity index (χ0n) is 16.2. The average Bonchev–Trinajstić information content (AvgIpc) is 2.91. The molecular formula is C20H30N2O4. The molecule has 1 aromatic carbocycles. The molecule has 1 atom stereocenters. The Kier molecular flexibility index (Phi) is 7.03. The van der Waals surface area contributed by atoms with Crippen LogP contribution in [-0.2, 0) is 14.3 Å². The number of nitrogens with zero attached hydrogens (tertiary/aromatic N) is 1. The number of rotatable bonds is 9. The van der Waals surface area contributed by atoms with Crippen LogP contribution in [-0.4, -0.2) is 43.2 Å². The zero-order chi connectivity index (χ0) is 19.2. The number of hydrogen-bond donors (Lipinski definition) is 1. The molecule has 0 aliphatic carbocycles. The van der Waals surface area contributed by atoms with Crippen molar-refractivity contribution >= 4 is 17.5 Å². The van der Waals surface area contributed by atoms with Crippen LogP contribution >= 0.6 is 0 Å². The van der Waals surface area contributed by atoms with Crippen molar-refractivity contribution in [2.75, 3.05) is 24.7 Å². The summed E-state index contributed by atoms with van der Waals surface area (Å²) in [6.07, 6.45) is 1.81. The van der Waals surface area contributed by atoms with Crippen molar-refractivity contribution in [2.24, 2.45) is 0 Å².